The molecule has 0 bridgehead atoms. The van der Waals surface area contributed by atoms with Gasteiger partial charge < -0.3 is 10.4 Å². The van der Waals surface area contributed by atoms with Crippen LogP contribution in [0.4, 0.5) is 15.8 Å². The molecule has 3 aromatic carbocycles. The Morgan fingerprint density at radius 2 is 1.74 bits per heavy atom. The number of benzene rings is 3. The molecule has 5 rings (SSSR count). The summed E-state index contributed by atoms with van der Waals surface area (Å²) in [5.74, 6) is -1.07. The largest absolute Gasteiger partial charge is 0.508 e. The fourth-order valence-corrected chi connectivity index (χ4v) is 4.47. The quantitative estimate of drug-likeness (QED) is 0.428. The molecular formula is C25H17FN4O3S. The summed E-state index contributed by atoms with van der Waals surface area (Å²) in [6.07, 6.45) is 1.67. The molecule has 0 aliphatic carbocycles. The molecule has 168 valence electrons. The van der Waals surface area contributed by atoms with Crippen LogP contribution in [0.2, 0.25) is 0 Å². The molecule has 2 heterocycles. The Bertz CT molecular complexity index is 1410. The molecule has 1 fully saturated rings. The third-order valence-corrected chi connectivity index (χ3v) is 6.17. The Morgan fingerprint density at radius 3 is 2.47 bits per heavy atom. The maximum absolute atomic E-state index is 13.5. The van der Waals surface area contributed by atoms with Gasteiger partial charge in [0, 0.05) is 5.56 Å². The molecule has 2 N–H and O–H groups in total. The van der Waals surface area contributed by atoms with Gasteiger partial charge in [0.05, 0.1) is 16.3 Å². The molecule has 0 atom stereocenters. The van der Waals surface area contributed by atoms with Crippen LogP contribution in [0, 0.1) is 12.7 Å². The zero-order valence-corrected chi connectivity index (χ0v) is 18.6. The number of fused-ring (bicyclic) bond motifs is 1. The molecule has 0 saturated carbocycles. The summed E-state index contributed by atoms with van der Waals surface area (Å²) in [5, 5.41) is 20.9. The van der Waals surface area contributed by atoms with Crippen molar-refractivity contribution in [3.05, 3.63) is 94.1 Å². The van der Waals surface area contributed by atoms with Crippen molar-refractivity contribution in [2.75, 3.05) is 10.2 Å². The highest BCUT2D eigenvalue weighted by atomic mass is 32.2. The second-order valence-electron chi connectivity index (χ2n) is 7.65. The number of phenolic OH excluding ortho intramolecular Hbond substituents is 1. The first-order valence-corrected chi connectivity index (χ1v) is 11.1. The lowest BCUT2D eigenvalue weighted by atomic mass is 10.1. The number of carbonyl (C=O) groups is 2. The maximum atomic E-state index is 13.5. The van der Waals surface area contributed by atoms with E-state index in [1.54, 1.807) is 24.3 Å². The summed E-state index contributed by atoms with van der Waals surface area (Å²) < 4.78 is 13.5. The van der Waals surface area contributed by atoms with Gasteiger partial charge in [-0.15, -0.1) is 10.2 Å². The van der Waals surface area contributed by atoms with Gasteiger partial charge >= 0.3 is 0 Å². The van der Waals surface area contributed by atoms with Crippen LogP contribution in [-0.2, 0) is 9.59 Å². The number of phenols is 1. The van der Waals surface area contributed by atoms with E-state index in [0.29, 0.717) is 27.4 Å². The molecule has 0 spiro atoms. The minimum absolute atomic E-state index is 0.115. The average Bonchev–Trinajstić information content (AvgIpc) is 3.29. The highest BCUT2D eigenvalue weighted by Gasteiger charge is 2.35. The molecule has 2 amide bonds. The van der Waals surface area contributed by atoms with Crippen LogP contribution in [0.5, 0.6) is 5.75 Å². The van der Waals surface area contributed by atoms with E-state index in [1.165, 1.54) is 41.3 Å². The van der Waals surface area contributed by atoms with Gasteiger partial charge in [-0.05, 0) is 78.9 Å². The van der Waals surface area contributed by atoms with Crippen molar-refractivity contribution in [3.63, 3.8) is 0 Å². The fourth-order valence-electron chi connectivity index (χ4n) is 3.54. The number of hydrogen-bond acceptors (Lipinski definition) is 6. The molecule has 9 heteroatoms. The van der Waals surface area contributed by atoms with Crippen molar-refractivity contribution >= 4 is 51.9 Å². The predicted molar refractivity (Wildman–Crippen MR) is 131 cm³/mol. The topological polar surface area (TPSA) is 94.4 Å². The lowest BCUT2D eigenvalue weighted by molar-refractivity contribution is -0.113. The molecule has 0 unspecified atom stereocenters. The van der Waals surface area contributed by atoms with Crippen LogP contribution >= 0.6 is 11.8 Å². The monoisotopic (exact) mass is 472 g/mol. The van der Waals surface area contributed by atoms with E-state index < -0.39 is 5.82 Å². The van der Waals surface area contributed by atoms with Gasteiger partial charge in [0.15, 0.2) is 5.71 Å². The molecule has 2 aliphatic rings. The number of halogens is 1. The minimum atomic E-state index is -0.434. The molecule has 7 nitrogen and oxygen atoms in total. The molecule has 0 aromatic heterocycles. The average molecular weight is 473 g/mol. The van der Waals surface area contributed by atoms with Gasteiger partial charge in [-0.25, -0.2) is 4.39 Å². The zero-order chi connectivity index (χ0) is 23.8. The number of rotatable bonds is 3. The molecule has 34 heavy (non-hydrogen) atoms. The van der Waals surface area contributed by atoms with E-state index in [9.17, 15) is 19.1 Å². The van der Waals surface area contributed by atoms with Crippen LogP contribution in [0.25, 0.3) is 6.08 Å². The summed E-state index contributed by atoms with van der Waals surface area (Å²) in [7, 11) is 0. The Labute approximate surface area is 198 Å². The molecule has 2 aliphatic heterocycles. The molecule has 1 saturated heterocycles. The van der Waals surface area contributed by atoms with E-state index >= 15 is 0 Å². The first kappa shape index (κ1) is 21.6. The third-order valence-electron chi connectivity index (χ3n) is 5.21. The highest BCUT2D eigenvalue weighted by Crippen LogP contribution is 2.36. The molecular weight excluding hydrogens is 455 g/mol. The minimum Gasteiger partial charge on any atom is -0.508 e. The van der Waals surface area contributed by atoms with Crippen molar-refractivity contribution in [2.24, 2.45) is 10.2 Å². The number of hydrogen-bond donors (Lipinski definition) is 2. The van der Waals surface area contributed by atoms with Gasteiger partial charge in [0.1, 0.15) is 11.6 Å². The van der Waals surface area contributed by atoms with E-state index in [0.717, 1.165) is 17.3 Å². The first-order valence-electron chi connectivity index (χ1n) is 10.3. The van der Waals surface area contributed by atoms with E-state index in [4.69, 9.17) is 0 Å². The van der Waals surface area contributed by atoms with Crippen molar-refractivity contribution < 1.29 is 19.1 Å². The van der Waals surface area contributed by atoms with Crippen LogP contribution in [-0.4, -0.2) is 27.8 Å². The lowest BCUT2D eigenvalue weighted by Crippen LogP contribution is -2.28. The molecule has 0 radical (unpaired) electrons. The van der Waals surface area contributed by atoms with E-state index in [2.05, 4.69) is 15.5 Å². The number of aromatic hydroxyl groups is 1. The Kier molecular flexibility index (Phi) is 5.46. The number of anilines is 2. The third kappa shape index (κ3) is 4.08. The summed E-state index contributed by atoms with van der Waals surface area (Å²) in [5.41, 5.74) is 3.52. The van der Waals surface area contributed by atoms with Gasteiger partial charge in [-0.1, -0.05) is 23.8 Å². The van der Waals surface area contributed by atoms with Gasteiger partial charge in [0.25, 0.3) is 11.8 Å². The Hall–Kier alpha value is -4.24. The lowest BCUT2D eigenvalue weighted by Gasteiger charge is -2.14. The van der Waals surface area contributed by atoms with Gasteiger partial charge in [0.2, 0.25) is 5.17 Å². The van der Waals surface area contributed by atoms with Crippen molar-refractivity contribution in [1.82, 2.24) is 0 Å². The molecule has 3 aromatic rings. The van der Waals surface area contributed by atoms with E-state index in [-0.39, 0.29) is 28.4 Å². The second kappa shape index (κ2) is 8.60. The number of amidine groups is 1. The summed E-state index contributed by atoms with van der Waals surface area (Å²) in [6, 6.07) is 17.4. The Morgan fingerprint density at radius 1 is 1.00 bits per heavy atom. The van der Waals surface area contributed by atoms with Crippen LogP contribution < -0.4 is 10.2 Å². The number of amides is 2. The maximum Gasteiger partial charge on any atom is 0.276 e. The van der Waals surface area contributed by atoms with Crippen molar-refractivity contribution in [3.8, 4) is 5.75 Å². The van der Waals surface area contributed by atoms with Crippen molar-refractivity contribution in [2.45, 2.75) is 6.92 Å². The summed E-state index contributed by atoms with van der Waals surface area (Å²) >= 11 is 1.09. The zero-order valence-electron chi connectivity index (χ0n) is 17.8. The van der Waals surface area contributed by atoms with Gasteiger partial charge in [-0.2, -0.15) is 0 Å². The SMILES string of the molecule is Cc1ccc2c(c1)C(=NN=C1SC(=Cc3ccc(O)cc3)C(=O)N1c1ccc(F)cc1)C(=O)N2. The van der Waals surface area contributed by atoms with Crippen molar-refractivity contribution in [1.29, 1.82) is 0 Å². The van der Waals surface area contributed by atoms with Crippen LogP contribution in [0.1, 0.15) is 16.7 Å². The van der Waals surface area contributed by atoms with E-state index in [1.807, 2.05) is 19.1 Å². The summed E-state index contributed by atoms with van der Waals surface area (Å²) in [4.78, 5) is 27.4. The van der Waals surface area contributed by atoms with Crippen LogP contribution in [0.15, 0.2) is 81.8 Å². The smallest absolute Gasteiger partial charge is 0.276 e. The van der Waals surface area contributed by atoms with Crippen LogP contribution in [0.3, 0.4) is 0 Å². The predicted octanol–water partition coefficient (Wildman–Crippen LogP) is 4.67. The van der Waals surface area contributed by atoms with Gasteiger partial charge in [-0.3, -0.25) is 14.5 Å². The highest BCUT2D eigenvalue weighted by molar-refractivity contribution is 8.19. The normalized spacial score (nSPS) is 18.8. The number of thioether (sulfide) groups is 1. The summed E-state index contributed by atoms with van der Waals surface area (Å²) in [6.45, 7) is 1.91. The number of nitrogens with zero attached hydrogens (tertiary/aromatic N) is 3. The number of carbonyl (C=O) groups excluding carboxylic acids is 2. The standard InChI is InChI=1S/C25H17FN4O3S/c1-14-2-11-20-19(12-14)22(23(32)27-20)28-29-25-30(17-7-5-16(26)6-8-17)24(33)21(34-25)13-15-3-9-18(31)10-4-15/h2-13,31H,1H3,(H,27,28,32). The second-order valence-corrected chi connectivity index (χ2v) is 8.66. The number of aryl methyl sites for hydroxylation is 1. The number of nitrogens with one attached hydrogen (secondary N) is 1. The first-order chi connectivity index (χ1) is 16.4. The fraction of sp³-hybridized carbons (Fsp3) is 0.0400. The Balaban J connectivity index is 1.57.